The number of hydrogen-bond acceptors (Lipinski definition) is 3. The van der Waals surface area contributed by atoms with Gasteiger partial charge < -0.3 is 9.47 Å². The molecule has 0 spiro atoms. The van der Waals surface area contributed by atoms with Crippen LogP contribution in [0.25, 0.3) is 0 Å². The first-order valence-electron chi connectivity index (χ1n) is 4.40. The van der Waals surface area contributed by atoms with Gasteiger partial charge in [0.15, 0.2) is 0 Å². The fourth-order valence-corrected chi connectivity index (χ4v) is 1.54. The van der Waals surface area contributed by atoms with Gasteiger partial charge in [-0.25, -0.2) is 0 Å². The third-order valence-corrected chi connectivity index (χ3v) is 2.46. The Kier molecular flexibility index (Phi) is 3.19. The van der Waals surface area contributed by atoms with E-state index >= 15 is 0 Å². The zero-order valence-corrected chi connectivity index (χ0v) is 8.93. The maximum atomic E-state index is 10.7. The van der Waals surface area contributed by atoms with E-state index in [9.17, 15) is 4.79 Å². The van der Waals surface area contributed by atoms with Gasteiger partial charge in [-0.3, -0.25) is 4.79 Å². The highest BCUT2D eigenvalue weighted by Gasteiger charge is 2.36. The summed E-state index contributed by atoms with van der Waals surface area (Å²) in [6.45, 7) is 5.28. The fourth-order valence-electron chi connectivity index (χ4n) is 1.33. The van der Waals surface area contributed by atoms with Gasteiger partial charge in [0.1, 0.15) is 0 Å². The summed E-state index contributed by atoms with van der Waals surface area (Å²) in [4.78, 5) is 10.7. The summed E-state index contributed by atoms with van der Waals surface area (Å²) in [6, 6.07) is 0. The predicted molar refractivity (Wildman–Crippen MR) is 49.6 cm³/mol. The molecule has 0 aliphatic carbocycles. The van der Waals surface area contributed by atoms with Crippen LogP contribution in [0.5, 0.6) is 0 Å². The number of esters is 1. The fraction of sp³-hybridized carbons (Fsp3) is 0.889. The molecule has 0 unspecified atom stereocenters. The Bertz CT molecular complexity index is 203. The van der Waals surface area contributed by atoms with Crippen molar-refractivity contribution in [2.75, 3.05) is 0 Å². The highest BCUT2D eigenvalue weighted by molar-refractivity contribution is 6.21. The summed E-state index contributed by atoms with van der Waals surface area (Å²) in [6.07, 6.45) is 1.11. The predicted octanol–water partition coefficient (Wildman–Crippen LogP) is 2.07. The molecular weight excluding hydrogens is 192 g/mol. The maximum Gasteiger partial charge on any atom is 0.304 e. The van der Waals surface area contributed by atoms with Crippen molar-refractivity contribution in [1.29, 1.82) is 0 Å². The summed E-state index contributed by atoms with van der Waals surface area (Å²) < 4.78 is 10.5. The average molecular weight is 207 g/mol. The number of rotatable bonds is 1. The molecule has 76 valence electrons. The summed E-state index contributed by atoms with van der Waals surface area (Å²) in [5.74, 6) is -0.353. The molecule has 13 heavy (non-hydrogen) atoms. The first-order valence-corrected chi connectivity index (χ1v) is 4.83. The number of halogens is 1. The smallest absolute Gasteiger partial charge is 0.304 e. The third-order valence-electron chi connectivity index (χ3n) is 2.03. The Morgan fingerprint density at radius 1 is 1.62 bits per heavy atom. The minimum atomic E-state index is -0.595. The van der Waals surface area contributed by atoms with Crippen LogP contribution < -0.4 is 0 Å². The Labute approximate surface area is 83.3 Å². The van der Waals surface area contributed by atoms with Crippen molar-refractivity contribution in [2.24, 2.45) is 0 Å². The molecule has 0 aromatic carbocycles. The normalized spacial score (nSPS) is 32.6. The van der Waals surface area contributed by atoms with E-state index in [0.717, 1.165) is 12.8 Å². The summed E-state index contributed by atoms with van der Waals surface area (Å²) in [5, 5.41) is -0.225. The number of carbonyl (C=O) groups is 1. The van der Waals surface area contributed by atoms with Crippen LogP contribution >= 0.6 is 11.6 Å². The van der Waals surface area contributed by atoms with Gasteiger partial charge in [-0.15, -0.1) is 11.6 Å². The van der Waals surface area contributed by atoms with E-state index in [-0.39, 0.29) is 16.9 Å². The second kappa shape index (κ2) is 3.84. The van der Waals surface area contributed by atoms with Gasteiger partial charge in [0.25, 0.3) is 0 Å². The average Bonchev–Trinajstić information content (AvgIpc) is 1.95. The molecule has 1 fully saturated rings. The number of ether oxygens (including phenoxy) is 2. The lowest BCUT2D eigenvalue weighted by Gasteiger charge is -2.37. The molecule has 1 rings (SSSR count). The highest BCUT2D eigenvalue weighted by atomic mass is 35.5. The minimum Gasteiger partial charge on any atom is -0.434 e. The Balaban J connectivity index is 2.55. The van der Waals surface area contributed by atoms with Crippen LogP contribution in [-0.2, 0) is 14.3 Å². The molecule has 0 aromatic heterocycles. The summed E-state index contributed by atoms with van der Waals surface area (Å²) in [7, 11) is 0. The zero-order chi connectivity index (χ0) is 10.1. The van der Waals surface area contributed by atoms with Gasteiger partial charge in [-0.2, -0.15) is 0 Å². The van der Waals surface area contributed by atoms with Crippen LogP contribution in [0.3, 0.4) is 0 Å². The van der Waals surface area contributed by atoms with Crippen LogP contribution in [-0.4, -0.2) is 23.2 Å². The van der Waals surface area contributed by atoms with Crippen LogP contribution in [0.1, 0.15) is 33.6 Å². The Hall–Kier alpha value is -0.280. The number of hydrogen-bond donors (Lipinski definition) is 0. The van der Waals surface area contributed by atoms with Gasteiger partial charge in [0, 0.05) is 6.92 Å². The molecule has 0 aromatic rings. The van der Waals surface area contributed by atoms with Crippen molar-refractivity contribution in [3.8, 4) is 0 Å². The van der Waals surface area contributed by atoms with Crippen LogP contribution in [0.15, 0.2) is 0 Å². The van der Waals surface area contributed by atoms with Crippen molar-refractivity contribution in [3.63, 3.8) is 0 Å². The molecule has 1 aliphatic rings. The standard InChI is InChI=1S/C9H15ClO3/c1-6(11)12-8-7(10)4-5-9(2,3)13-8/h7-8H,4-5H2,1-3H3/t7-,8-/m0/s1. The molecule has 1 aliphatic heterocycles. The molecule has 0 amide bonds. The molecule has 3 nitrogen and oxygen atoms in total. The molecule has 2 atom stereocenters. The van der Waals surface area contributed by atoms with E-state index in [0.29, 0.717) is 0 Å². The van der Waals surface area contributed by atoms with E-state index < -0.39 is 6.29 Å². The first-order chi connectivity index (χ1) is 5.91. The van der Waals surface area contributed by atoms with Crippen molar-refractivity contribution >= 4 is 17.6 Å². The second-order valence-electron chi connectivity index (χ2n) is 3.91. The van der Waals surface area contributed by atoms with Crippen molar-refractivity contribution in [2.45, 2.75) is 50.9 Å². The van der Waals surface area contributed by atoms with Crippen molar-refractivity contribution in [1.82, 2.24) is 0 Å². The lowest BCUT2D eigenvalue weighted by molar-refractivity contribution is -0.220. The van der Waals surface area contributed by atoms with Gasteiger partial charge in [-0.05, 0) is 26.7 Å². The van der Waals surface area contributed by atoms with E-state index in [1.54, 1.807) is 0 Å². The lowest BCUT2D eigenvalue weighted by atomic mass is 9.97. The largest absolute Gasteiger partial charge is 0.434 e. The summed E-state index contributed by atoms with van der Waals surface area (Å²) >= 11 is 5.95. The van der Waals surface area contributed by atoms with Crippen LogP contribution in [0, 0.1) is 0 Å². The number of alkyl halides is 1. The molecule has 1 heterocycles. The van der Waals surface area contributed by atoms with E-state index in [1.165, 1.54) is 6.92 Å². The van der Waals surface area contributed by atoms with Crippen molar-refractivity contribution < 1.29 is 14.3 Å². The van der Waals surface area contributed by atoms with Crippen molar-refractivity contribution in [3.05, 3.63) is 0 Å². The lowest BCUT2D eigenvalue weighted by Crippen LogP contribution is -2.43. The van der Waals surface area contributed by atoms with E-state index in [4.69, 9.17) is 21.1 Å². The zero-order valence-electron chi connectivity index (χ0n) is 8.17. The van der Waals surface area contributed by atoms with Crippen LogP contribution in [0.2, 0.25) is 0 Å². The molecule has 1 saturated heterocycles. The molecule has 0 radical (unpaired) electrons. The van der Waals surface area contributed by atoms with Gasteiger partial charge >= 0.3 is 5.97 Å². The minimum absolute atomic E-state index is 0.225. The van der Waals surface area contributed by atoms with Gasteiger partial charge in [0.2, 0.25) is 6.29 Å². The van der Waals surface area contributed by atoms with E-state index in [2.05, 4.69) is 0 Å². The molecule has 0 saturated carbocycles. The van der Waals surface area contributed by atoms with Gasteiger partial charge in [0.05, 0.1) is 11.0 Å². The first kappa shape index (κ1) is 10.8. The molecular formula is C9H15ClO3. The maximum absolute atomic E-state index is 10.7. The summed E-state index contributed by atoms with van der Waals surface area (Å²) in [5.41, 5.74) is -0.245. The highest BCUT2D eigenvalue weighted by Crippen LogP contribution is 2.31. The van der Waals surface area contributed by atoms with Crippen LogP contribution in [0.4, 0.5) is 0 Å². The molecule has 4 heteroatoms. The van der Waals surface area contributed by atoms with E-state index in [1.807, 2.05) is 13.8 Å². The quantitative estimate of drug-likeness (QED) is 0.487. The molecule has 0 N–H and O–H groups in total. The second-order valence-corrected chi connectivity index (χ2v) is 4.47. The Morgan fingerprint density at radius 3 is 2.77 bits per heavy atom. The number of carbonyl (C=O) groups excluding carboxylic acids is 1. The SMILES string of the molecule is CC(=O)O[C@H]1OC(C)(C)CC[C@@H]1Cl. The third kappa shape index (κ3) is 3.16. The van der Waals surface area contributed by atoms with Gasteiger partial charge in [-0.1, -0.05) is 0 Å². The monoisotopic (exact) mass is 206 g/mol. The molecule has 0 bridgehead atoms. The Morgan fingerprint density at radius 2 is 2.23 bits per heavy atom. The topological polar surface area (TPSA) is 35.5 Å².